The van der Waals surface area contributed by atoms with Gasteiger partial charge in [-0.1, -0.05) is 46.3 Å². The van der Waals surface area contributed by atoms with Crippen LogP contribution in [0.4, 0.5) is 0 Å². The van der Waals surface area contributed by atoms with Crippen molar-refractivity contribution in [2.75, 3.05) is 0 Å². The lowest BCUT2D eigenvalue weighted by molar-refractivity contribution is 0.300. The van der Waals surface area contributed by atoms with Gasteiger partial charge in [0.15, 0.2) is 0 Å². The highest BCUT2D eigenvalue weighted by atomic mass is 28.1. The largest absolute Gasteiger partial charge is 0.0851 e. The van der Waals surface area contributed by atoms with Crippen LogP contribution in [0.15, 0.2) is 12.2 Å². The van der Waals surface area contributed by atoms with Crippen LogP contribution >= 0.6 is 0 Å². The highest BCUT2D eigenvalue weighted by Gasteiger charge is 2.37. The molecule has 3 unspecified atom stereocenters. The lowest BCUT2D eigenvalue weighted by Gasteiger charge is -2.35. The molecule has 1 fully saturated rings. The first-order valence-corrected chi connectivity index (χ1v) is 9.56. The Kier molecular flexibility index (Phi) is 4.97. The third-order valence-corrected chi connectivity index (χ3v) is 6.65. The van der Waals surface area contributed by atoms with Crippen molar-refractivity contribution in [1.82, 2.24) is 0 Å². The lowest BCUT2D eigenvalue weighted by Crippen LogP contribution is -2.20. The van der Waals surface area contributed by atoms with Gasteiger partial charge >= 0.3 is 0 Å². The zero-order chi connectivity index (χ0) is 14.0. The third-order valence-electron chi connectivity index (χ3n) is 5.34. The average Bonchev–Trinajstić information content (AvgIpc) is 2.85. The minimum atomic E-state index is 0.716. The fourth-order valence-corrected chi connectivity index (χ4v) is 6.94. The summed E-state index contributed by atoms with van der Waals surface area (Å²) >= 11 is 0. The van der Waals surface area contributed by atoms with E-state index < -0.39 is 0 Å². The maximum atomic E-state index is 2.53. The van der Waals surface area contributed by atoms with Gasteiger partial charge in [0, 0.05) is 10.2 Å². The Balaban J connectivity index is 1.87. The van der Waals surface area contributed by atoms with Crippen LogP contribution in [-0.4, -0.2) is 10.2 Å². The molecule has 0 aliphatic heterocycles. The maximum Gasteiger partial charge on any atom is 0.0107 e. The van der Waals surface area contributed by atoms with E-state index in [1.807, 2.05) is 0 Å². The Hall–Kier alpha value is -0.0431. The molecule has 110 valence electrons. The molecule has 2 rings (SSSR count). The van der Waals surface area contributed by atoms with Crippen molar-refractivity contribution in [3.8, 4) is 0 Å². The van der Waals surface area contributed by atoms with Gasteiger partial charge in [0.25, 0.3) is 0 Å². The van der Waals surface area contributed by atoms with Crippen molar-refractivity contribution in [1.29, 1.82) is 0 Å². The predicted molar refractivity (Wildman–Crippen MR) is 89.6 cm³/mol. The molecule has 1 saturated carbocycles. The van der Waals surface area contributed by atoms with Crippen molar-refractivity contribution >= 4 is 10.2 Å². The highest BCUT2D eigenvalue weighted by molar-refractivity contribution is 6.15. The summed E-state index contributed by atoms with van der Waals surface area (Å²) in [7, 11) is 1.38. The van der Waals surface area contributed by atoms with Gasteiger partial charge in [0.2, 0.25) is 0 Å². The molecule has 2 bridgehead atoms. The van der Waals surface area contributed by atoms with Crippen LogP contribution in [0, 0.1) is 29.6 Å². The van der Waals surface area contributed by atoms with Crippen LogP contribution < -0.4 is 0 Å². The molecule has 0 aromatic carbocycles. The van der Waals surface area contributed by atoms with Crippen molar-refractivity contribution in [2.45, 2.75) is 71.3 Å². The molecular formula is C18H34Si. The molecule has 0 aromatic heterocycles. The number of hydrogen-bond donors (Lipinski definition) is 0. The number of allylic oxidation sites excluding steroid dienone is 2. The Bertz CT molecular complexity index is 306. The molecule has 2 aliphatic rings. The Labute approximate surface area is 123 Å². The highest BCUT2D eigenvalue weighted by Crippen LogP contribution is 2.49. The van der Waals surface area contributed by atoms with E-state index in [0.717, 1.165) is 29.6 Å². The normalized spacial score (nSPS) is 30.1. The first-order valence-electron chi connectivity index (χ1n) is 8.56. The Morgan fingerprint density at radius 3 is 2.11 bits per heavy atom. The standard InChI is InChI=1S/C18H34Si/c1-13(2)11-18(19,12-14(3)4)8-7-17-10-15-5-6-16(17)9-15/h5-6,13-17H,7-12H2,1-4,19H3. The minimum absolute atomic E-state index is 0.716. The van der Waals surface area contributed by atoms with E-state index >= 15 is 0 Å². The molecule has 19 heavy (non-hydrogen) atoms. The third kappa shape index (κ3) is 4.21. The van der Waals surface area contributed by atoms with Crippen LogP contribution in [0.1, 0.15) is 66.2 Å². The molecule has 0 aromatic rings. The fraction of sp³-hybridized carbons (Fsp3) is 0.889. The topological polar surface area (TPSA) is 0 Å². The summed E-state index contributed by atoms with van der Waals surface area (Å²) in [4.78, 5) is 0. The molecule has 0 N–H and O–H groups in total. The SMILES string of the molecule is CC(C)CC([SiH3])(CCC1CC2C=CC1C2)CC(C)C. The average molecular weight is 279 g/mol. The minimum Gasteiger partial charge on any atom is -0.0851 e. The van der Waals surface area contributed by atoms with Crippen LogP contribution in [0.5, 0.6) is 0 Å². The molecule has 2 aliphatic carbocycles. The van der Waals surface area contributed by atoms with Crippen molar-refractivity contribution in [3.05, 3.63) is 12.2 Å². The van der Waals surface area contributed by atoms with Gasteiger partial charge in [-0.05, 0) is 66.7 Å². The van der Waals surface area contributed by atoms with Gasteiger partial charge in [-0.25, -0.2) is 0 Å². The zero-order valence-corrected chi connectivity index (χ0v) is 15.8. The van der Waals surface area contributed by atoms with E-state index in [-0.39, 0.29) is 0 Å². The Morgan fingerprint density at radius 1 is 1.05 bits per heavy atom. The molecular weight excluding hydrogens is 244 g/mol. The molecule has 1 heteroatoms. The molecule has 0 radical (unpaired) electrons. The van der Waals surface area contributed by atoms with Crippen molar-refractivity contribution in [3.63, 3.8) is 0 Å². The number of fused-ring (bicyclic) bond motifs is 2. The monoisotopic (exact) mass is 278 g/mol. The smallest absolute Gasteiger partial charge is 0.0107 e. The van der Waals surface area contributed by atoms with Gasteiger partial charge in [0.05, 0.1) is 0 Å². The van der Waals surface area contributed by atoms with Crippen LogP contribution in [0.25, 0.3) is 0 Å². The summed E-state index contributed by atoms with van der Waals surface area (Å²) in [5.74, 6) is 4.68. The van der Waals surface area contributed by atoms with E-state index in [2.05, 4.69) is 39.8 Å². The zero-order valence-electron chi connectivity index (χ0n) is 13.8. The van der Waals surface area contributed by atoms with E-state index in [1.165, 1.54) is 48.8 Å². The second-order valence-corrected chi connectivity index (χ2v) is 10.7. The molecule has 0 saturated heterocycles. The quantitative estimate of drug-likeness (QED) is 0.472. The van der Waals surface area contributed by atoms with E-state index in [4.69, 9.17) is 0 Å². The number of hydrogen-bond acceptors (Lipinski definition) is 0. The van der Waals surface area contributed by atoms with Crippen molar-refractivity contribution in [2.24, 2.45) is 29.6 Å². The molecule has 3 atom stereocenters. The molecule has 0 heterocycles. The Morgan fingerprint density at radius 2 is 1.68 bits per heavy atom. The first kappa shape index (κ1) is 15.3. The second-order valence-electron chi connectivity index (χ2n) is 8.59. The molecule has 0 nitrogen and oxygen atoms in total. The maximum absolute atomic E-state index is 2.53. The summed E-state index contributed by atoms with van der Waals surface area (Å²) in [5, 5.41) is 0.716. The van der Waals surface area contributed by atoms with Gasteiger partial charge in [-0.15, -0.1) is 0 Å². The summed E-state index contributed by atoms with van der Waals surface area (Å²) in [6.45, 7) is 9.64. The summed E-state index contributed by atoms with van der Waals surface area (Å²) in [6, 6.07) is 0. The summed E-state index contributed by atoms with van der Waals surface area (Å²) < 4.78 is 0. The lowest BCUT2D eigenvalue weighted by atomic mass is 9.80. The van der Waals surface area contributed by atoms with Crippen molar-refractivity contribution < 1.29 is 0 Å². The predicted octanol–water partition coefficient (Wildman–Crippen LogP) is 4.60. The van der Waals surface area contributed by atoms with Gasteiger partial charge < -0.3 is 0 Å². The fourth-order valence-electron chi connectivity index (χ4n) is 5.02. The van der Waals surface area contributed by atoms with E-state index in [1.54, 1.807) is 0 Å². The van der Waals surface area contributed by atoms with Gasteiger partial charge in [0.1, 0.15) is 0 Å². The van der Waals surface area contributed by atoms with Crippen LogP contribution in [0.3, 0.4) is 0 Å². The summed E-state index contributed by atoms with van der Waals surface area (Å²) in [5.41, 5.74) is 0. The second kappa shape index (κ2) is 6.16. The summed E-state index contributed by atoms with van der Waals surface area (Å²) in [6.07, 6.45) is 13.9. The molecule has 0 spiro atoms. The van der Waals surface area contributed by atoms with Crippen LogP contribution in [0.2, 0.25) is 5.04 Å². The first-order chi connectivity index (χ1) is 8.88. The van der Waals surface area contributed by atoms with Crippen LogP contribution in [-0.2, 0) is 0 Å². The van der Waals surface area contributed by atoms with E-state index in [0.29, 0.717) is 5.04 Å². The van der Waals surface area contributed by atoms with E-state index in [9.17, 15) is 0 Å². The van der Waals surface area contributed by atoms with Gasteiger partial charge in [-0.3, -0.25) is 0 Å². The molecule has 0 amide bonds. The van der Waals surface area contributed by atoms with Gasteiger partial charge in [-0.2, -0.15) is 0 Å². The number of rotatable bonds is 7.